The van der Waals surface area contributed by atoms with Gasteiger partial charge in [-0.1, -0.05) is 366 Å². The number of allylic oxidation sites excluding steroid dienone is 6. The molecule has 0 amide bonds. The molecule has 12 nitrogen and oxygen atoms in total. The van der Waals surface area contributed by atoms with E-state index in [4.69, 9.17) is 27.1 Å². The summed E-state index contributed by atoms with van der Waals surface area (Å²) in [6, 6.07) is 21.8. The van der Waals surface area contributed by atoms with E-state index >= 15 is 0 Å². The van der Waals surface area contributed by atoms with Crippen LogP contribution in [0.2, 0.25) is 0 Å². The first-order chi connectivity index (χ1) is 49.4. The van der Waals surface area contributed by atoms with Crippen molar-refractivity contribution in [2.75, 3.05) is 19.8 Å². The Hall–Kier alpha value is -2.74. The van der Waals surface area contributed by atoms with Crippen LogP contribution in [0.1, 0.15) is 368 Å². The summed E-state index contributed by atoms with van der Waals surface area (Å²) >= 11 is 0. The molecule has 3 aromatic rings. The van der Waals surface area contributed by atoms with Crippen molar-refractivity contribution in [3.8, 4) is 17.2 Å². The van der Waals surface area contributed by atoms with Gasteiger partial charge in [0.2, 0.25) is 0 Å². The second-order valence-electron chi connectivity index (χ2n) is 29.1. The Kier molecular flexibility index (Phi) is 67.8. The third-order valence-corrected chi connectivity index (χ3v) is 21.6. The maximum absolute atomic E-state index is 12.2. The van der Waals surface area contributed by atoms with E-state index in [1.165, 1.54) is 193 Å². The van der Waals surface area contributed by atoms with Crippen LogP contribution in [0, 0.1) is 17.8 Å². The number of phosphoric ester groups is 3. The minimum atomic E-state index is -4.34. The van der Waals surface area contributed by atoms with Gasteiger partial charge >= 0.3 is 40.8 Å². The average Bonchev–Trinajstić information content (AvgIpc) is 0.887. The number of unbranched alkanes of at least 4 members (excludes halogenated alkanes) is 33. The monoisotopic (exact) mass is 1510 g/mol. The van der Waals surface area contributed by atoms with E-state index in [1.807, 2.05) is 36.4 Å². The number of phosphoric acid groups is 3. The molecule has 103 heavy (non-hydrogen) atoms. The molecule has 3 aromatic carbocycles. The Labute approximate surface area is 643 Å². The molecule has 3 rings (SSSR count). The fourth-order valence-electron chi connectivity index (χ4n) is 12.1. The topological polar surface area (TPSA) is 176 Å². The van der Waals surface area contributed by atoms with Crippen molar-refractivity contribution in [2.45, 2.75) is 371 Å². The van der Waals surface area contributed by atoms with Crippen LogP contribution in [0.4, 0.5) is 0 Å². The zero-order valence-corrected chi connectivity index (χ0v) is 70.8. The molecule has 0 fully saturated rings. The summed E-state index contributed by atoms with van der Waals surface area (Å²) in [5, 5.41) is 0. The molecule has 0 radical (unpaired) electrons. The van der Waals surface area contributed by atoms with Gasteiger partial charge in [0, 0.05) is 0 Å². The second-order valence-corrected chi connectivity index (χ2v) is 33.1. The van der Waals surface area contributed by atoms with Crippen LogP contribution in [0.3, 0.4) is 0 Å². The van der Waals surface area contributed by atoms with Crippen LogP contribution >= 0.6 is 23.5 Å². The van der Waals surface area contributed by atoms with E-state index in [9.17, 15) is 28.4 Å². The summed E-state index contributed by atoms with van der Waals surface area (Å²) < 4.78 is 67.2. The van der Waals surface area contributed by atoms with Crippen LogP contribution in [-0.2, 0) is 46.5 Å². The Morgan fingerprint density at radius 2 is 0.515 bits per heavy atom. The molecule has 16 heteroatoms. The van der Waals surface area contributed by atoms with Crippen LogP contribution in [0.5, 0.6) is 17.2 Å². The quantitative estimate of drug-likeness (QED) is 0.0227. The van der Waals surface area contributed by atoms with Crippen LogP contribution in [0.15, 0.2) is 109 Å². The SMILES string of the molecule is CCCCCCCCCCCCC=CCc1cccc(OP(=O)([O-])OCCC(C)CCCC)c1.CCCCCCCCCCCCC=CCc1cccc(OP(=O)([O-])OCCC(C)CCCC)c1.CCCCCCCCCCCCC=CCc1cccc(OP(=O)([O-])OCCC(C)CCCC)c1.[Al+3]. The molecular formula is C87H150AlO12P3. The zero-order chi connectivity index (χ0) is 74.7. The largest absolute Gasteiger partial charge is 3.00 e. The average molecular weight is 1510 g/mol. The van der Waals surface area contributed by atoms with E-state index in [2.05, 4.69) is 98.8 Å². The maximum atomic E-state index is 12.2. The first-order valence-electron chi connectivity index (χ1n) is 41.6. The molecule has 588 valence electrons. The minimum absolute atomic E-state index is 0. The number of rotatable bonds is 66. The molecule has 0 saturated heterocycles. The van der Waals surface area contributed by atoms with E-state index < -0.39 is 23.5 Å². The molecule has 6 unspecified atom stereocenters. The molecule has 0 saturated carbocycles. The van der Waals surface area contributed by atoms with Gasteiger partial charge in [-0.05, 0) is 148 Å². The fraction of sp³-hybridized carbons (Fsp3) is 0.724. The Balaban J connectivity index is 0.00000151. The first-order valence-corrected chi connectivity index (χ1v) is 45.9. The van der Waals surface area contributed by atoms with Gasteiger partial charge in [0.1, 0.15) is 17.2 Å². The summed E-state index contributed by atoms with van der Waals surface area (Å²) in [7, 11) is -13.0. The zero-order valence-electron chi connectivity index (χ0n) is 67.0. The fourth-order valence-corrected chi connectivity index (χ4v) is 14.4. The Morgan fingerprint density at radius 1 is 0.301 bits per heavy atom. The number of benzene rings is 3. The standard InChI is InChI=1S/3C29H51O4P.Al/c3*1-4-6-8-9-10-11-12-13-14-15-16-17-18-21-28-22-19-23-29(26-28)33-34(30,31)32-25-24-27(3)20-7-5-2;/h3*17-19,22-23,26-27H,4-16,20-21,24-25H2,1-3H3,(H,30,31);/q;;;+3/p-3. The molecule has 0 N–H and O–H groups in total. The normalized spacial score (nSPS) is 14.2. The molecule has 0 aliphatic carbocycles. The summed E-state index contributed by atoms with van der Waals surface area (Å²) in [4.78, 5) is 36.5. The predicted molar refractivity (Wildman–Crippen MR) is 435 cm³/mol. The van der Waals surface area contributed by atoms with Gasteiger partial charge < -0.3 is 41.8 Å². The van der Waals surface area contributed by atoms with Gasteiger partial charge in [-0.15, -0.1) is 0 Å². The van der Waals surface area contributed by atoms with Crippen molar-refractivity contribution in [2.24, 2.45) is 17.8 Å². The molecule has 0 aliphatic heterocycles. The van der Waals surface area contributed by atoms with E-state index in [0.717, 1.165) is 132 Å². The van der Waals surface area contributed by atoms with Gasteiger partial charge in [-0.3, -0.25) is 13.7 Å². The van der Waals surface area contributed by atoms with E-state index in [0.29, 0.717) is 35.0 Å². The van der Waals surface area contributed by atoms with Crippen LogP contribution in [-0.4, -0.2) is 37.2 Å². The Morgan fingerprint density at radius 3 is 0.738 bits per heavy atom. The summed E-state index contributed by atoms with van der Waals surface area (Å²) in [6.45, 7) is 20.2. The summed E-state index contributed by atoms with van der Waals surface area (Å²) in [5.74, 6) is 2.31. The van der Waals surface area contributed by atoms with Gasteiger partial charge in [0.25, 0.3) is 0 Å². The minimum Gasteiger partial charge on any atom is -0.746 e. The molecule has 0 spiro atoms. The molecule has 0 aliphatic rings. The van der Waals surface area contributed by atoms with E-state index in [-0.39, 0.29) is 37.2 Å². The van der Waals surface area contributed by atoms with Gasteiger partial charge in [-0.2, -0.15) is 0 Å². The van der Waals surface area contributed by atoms with Crippen molar-refractivity contribution in [3.63, 3.8) is 0 Å². The van der Waals surface area contributed by atoms with Crippen molar-refractivity contribution in [1.82, 2.24) is 0 Å². The molecular weight excluding hydrogens is 1360 g/mol. The number of hydrogen-bond donors (Lipinski definition) is 0. The van der Waals surface area contributed by atoms with Crippen molar-refractivity contribution in [3.05, 3.63) is 126 Å². The first kappa shape index (κ1) is 100. The predicted octanol–water partition coefficient (Wildman–Crippen LogP) is 27.1. The molecule has 0 aromatic heterocycles. The van der Waals surface area contributed by atoms with Crippen molar-refractivity contribution in [1.29, 1.82) is 0 Å². The molecule has 0 bridgehead atoms. The molecule has 6 atom stereocenters. The smallest absolute Gasteiger partial charge is 0.746 e. The van der Waals surface area contributed by atoms with Crippen molar-refractivity contribution < 1.29 is 55.5 Å². The third kappa shape index (κ3) is 64.9. The second kappa shape index (κ2) is 69.7. The van der Waals surface area contributed by atoms with Gasteiger partial charge in [-0.25, -0.2) is 0 Å². The van der Waals surface area contributed by atoms with Crippen LogP contribution < -0.4 is 28.3 Å². The van der Waals surface area contributed by atoms with Gasteiger partial charge in [0.15, 0.2) is 0 Å². The Bertz CT molecular complexity index is 2350. The van der Waals surface area contributed by atoms with Gasteiger partial charge in [0.05, 0.1) is 19.8 Å². The summed E-state index contributed by atoms with van der Waals surface area (Å²) in [6.07, 6.45) is 71.9. The van der Waals surface area contributed by atoms with E-state index in [1.54, 1.807) is 36.4 Å². The third-order valence-electron chi connectivity index (χ3n) is 18.8. The number of hydrogen-bond acceptors (Lipinski definition) is 12. The maximum Gasteiger partial charge on any atom is 3.00 e. The van der Waals surface area contributed by atoms with Crippen LogP contribution in [0.25, 0.3) is 0 Å². The molecule has 0 heterocycles. The summed E-state index contributed by atoms with van der Waals surface area (Å²) in [5.41, 5.74) is 3.10. The van der Waals surface area contributed by atoms with Crippen molar-refractivity contribution >= 4 is 40.8 Å².